The van der Waals surface area contributed by atoms with Crippen LogP contribution in [-0.4, -0.2) is 42.5 Å². The number of amides is 1. The van der Waals surface area contributed by atoms with E-state index in [9.17, 15) is 9.59 Å². The maximum atomic E-state index is 11.6. The van der Waals surface area contributed by atoms with E-state index in [0.717, 1.165) is 5.56 Å². The average Bonchev–Trinajstić information content (AvgIpc) is 2.44. The van der Waals surface area contributed by atoms with E-state index in [-0.39, 0.29) is 13.2 Å². The van der Waals surface area contributed by atoms with Crippen molar-refractivity contribution in [3.8, 4) is 5.75 Å². The molecule has 1 aromatic carbocycles. The molecule has 0 heterocycles. The van der Waals surface area contributed by atoms with Crippen molar-refractivity contribution in [3.63, 3.8) is 0 Å². The molecule has 0 spiro atoms. The maximum absolute atomic E-state index is 11.6. The first-order valence-electron chi connectivity index (χ1n) is 7.15. The Labute approximate surface area is 135 Å². The molecule has 0 bridgehead atoms. The highest BCUT2D eigenvalue weighted by molar-refractivity contribution is 5.80. The van der Waals surface area contributed by atoms with E-state index in [1.807, 2.05) is 18.2 Å². The number of carbonyl (C=O) groups excluding carboxylic acids is 1. The third kappa shape index (κ3) is 7.01. The third-order valence-electron chi connectivity index (χ3n) is 2.72. The van der Waals surface area contributed by atoms with Crippen LogP contribution < -0.4 is 10.1 Å². The number of nitrogens with one attached hydrogen (secondary N) is 1. The van der Waals surface area contributed by atoms with Crippen LogP contribution in [0.4, 0.5) is 4.79 Å². The summed E-state index contributed by atoms with van der Waals surface area (Å²) in [5.74, 6) is -0.546. The second kappa shape index (κ2) is 8.38. The molecule has 1 atom stereocenters. The standard InChI is InChI=1S/C16H23NO6/c1-16(2,3)23-15(20)17-12(14(18)19)10-22-9-11-7-5-6-8-13(11)21-4/h5-8,12H,9-10H2,1-4H3,(H,17,20)(H,18,19)/t12-/m1/s1. The van der Waals surface area contributed by atoms with Gasteiger partial charge in [0.15, 0.2) is 6.04 Å². The molecule has 0 radical (unpaired) electrons. The van der Waals surface area contributed by atoms with Gasteiger partial charge < -0.3 is 24.6 Å². The highest BCUT2D eigenvalue weighted by atomic mass is 16.6. The minimum Gasteiger partial charge on any atom is -0.496 e. The Kier molecular flexibility index (Phi) is 6.84. The number of benzene rings is 1. The minimum atomic E-state index is -1.20. The van der Waals surface area contributed by atoms with Crippen LogP contribution >= 0.6 is 0 Å². The predicted octanol–water partition coefficient (Wildman–Crippen LogP) is 2.19. The number of carboxylic acid groups (broad SMARTS) is 1. The molecule has 0 saturated heterocycles. The van der Waals surface area contributed by atoms with Crippen LogP contribution in [0.15, 0.2) is 24.3 Å². The molecule has 1 rings (SSSR count). The zero-order valence-corrected chi connectivity index (χ0v) is 13.8. The van der Waals surface area contributed by atoms with E-state index in [2.05, 4.69) is 5.32 Å². The topological polar surface area (TPSA) is 94.1 Å². The van der Waals surface area contributed by atoms with Crippen LogP contribution in [-0.2, 0) is 20.9 Å². The number of hydrogen-bond acceptors (Lipinski definition) is 5. The van der Waals surface area contributed by atoms with Crippen LogP contribution in [0.1, 0.15) is 26.3 Å². The predicted molar refractivity (Wildman–Crippen MR) is 83.4 cm³/mol. The molecule has 0 aromatic heterocycles. The van der Waals surface area contributed by atoms with E-state index in [1.165, 1.54) is 0 Å². The lowest BCUT2D eigenvalue weighted by atomic mass is 10.2. The first-order chi connectivity index (χ1) is 10.7. The molecule has 7 heteroatoms. The van der Waals surface area contributed by atoms with Gasteiger partial charge in [-0.1, -0.05) is 18.2 Å². The summed E-state index contributed by atoms with van der Waals surface area (Å²) in [6.45, 7) is 5.07. The average molecular weight is 325 g/mol. The summed E-state index contributed by atoms with van der Waals surface area (Å²) in [5.41, 5.74) is 0.0854. The molecule has 0 fully saturated rings. The fourth-order valence-corrected chi connectivity index (χ4v) is 1.73. The molecule has 7 nitrogen and oxygen atoms in total. The summed E-state index contributed by atoms with van der Waals surface area (Å²) in [7, 11) is 1.54. The number of methoxy groups -OCH3 is 1. The van der Waals surface area contributed by atoms with Crippen molar-refractivity contribution in [2.24, 2.45) is 0 Å². The second-order valence-electron chi connectivity index (χ2n) is 5.86. The van der Waals surface area contributed by atoms with E-state index in [1.54, 1.807) is 33.9 Å². The molecule has 0 saturated carbocycles. The number of ether oxygens (including phenoxy) is 3. The van der Waals surface area contributed by atoms with Crippen LogP contribution in [0.5, 0.6) is 5.75 Å². The number of carbonyl (C=O) groups is 2. The number of alkyl carbamates (subject to hydrolysis) is 1. The molecule has 0 aliphatic rings. The lowest BCUT2D eigenvalue weighted by Crippen LogP contribution is -2.46. The molecule has 1 aromatic rings. The summed E-state index contributed by atoms with van der Waals surface area (Å²) < 4.78 is 15.6. The molecular weight excluding hydrogens is 302 g/mol. The van der Waals surface area contributed by atoms with Gasteiger partial charge >= 0.3 is 12.1 Å². The lowest BCUT2D eigenvalue weighted by Gasteiger charge is -2.22. The largest absolute Gasteiger partial charge is 0.496 e. The van der Waals surface area contributed by atoms with E-state index < -0.39 is 23.7 Å². The van der Waals surface area contributed by atoms with Gasteiger partial charge in [0.2, 0.25) is 0 Å². The Morgan fingerprint density at radius 3 is 2.48 bits per heavy atom. The fourth-order valence-electron chi connectivity index (χ4n) is 1.73. The van der Waals surface area contributed by atoms with Gasteiger partial charge in [0, 0.05) is 5.56 Å². The Hall–Kier alpha value is -2.28. The van der Waals surface area contributed by atoms with Crippen molar-refractivity contribution in [3.05, 3.63) is 29.8 Å². The normalized spacial score (nSPS) is 12.3. The van der Waals surface area contributed by atoms with Gasteiger partial charge in [-0.2, -0.15) is 0 Å². The van der Waals surface area contributed by atoms with Gasteiger partial charge in [-0.3, -0.25) is 0 Å². The molecule has 23 heavy (non-hydrogen) atoms. The van der Waals surface area contributed by atoms with Gasteiger partial charge in [0.1, 0.15) is 11.4 Å². The van der Waals surface area contributed by atoms with E-state index in [0.29, 0.717) is 5.75 Å². The first-order valence-corrected chi connectivity index (χ1v) is 7.15. The molecule has 2 N–H and O–H groups in total. The zero-order chi connectivity index (χ0) is 17.5. The van der Waals surface area contributed by atoms with Crippen molar-refractivity contribution >= 4 is 12.1 Å². The van der Waals surface area contributed by atoms with Crippen LogP contribution in [0, 0.1) is 0 Å². The highest BCUT2D eigenvalue weighted by Gasteiger charge is 2.24. The molecule has 0 aliphatic heterocycles. The minimum absolute atomic E-state index is 0.170. The first kappa shape index (κ1) is 18.8. The zero-order valence-electron chi connectivity index (χ0n) is 13.8. The summed E-state index contributed by atoms with van der Waals surface area (Å²) in [6, 6.07) is 6.06. The van der Waals surface area contributed by atoms with Crippen LogP contribution in [0.3, 0.4) is 0 Å². The van der Waals surface area contributed by atoms with E-state index in [4.69, 9.17) is 19.3 Å². The third-order valence-corrected chi connectivity index (χ3v) is 2.72. The molecule has 0 aliphatic carbocycles. The molecule has 1 amide bonds. The highest BCUT2D eigenvalue weighted by Crippen LogP contribution is 2.18. The Morgan fingerprint density at radius 1 is 1.26 bits per heavy atom. The fraction of sp³-hybridized carbons (Fsp3) is 0.500. The van der Waals surface area contributed by atoms with Gasteiger partial charge in [0.25, 0.3) is 0 Å². The number of carboxylic acids is 1. The smallest absolute Gasteiger partial charge is 0.408 e. The monoisotopic (exact) mass is 325 g/mol. The Bertz CT molecular complexity index is 538. The number of rotatable bonds is 7. The SMILES string of the molecule is COc1ccccc1COC[C@@H](NC(=O)OC(C)(C)C)C(=O)O. The van der Waals surface area contributed by atoms with Crippen LogP contribution in [0.2, 0.25) is 0 Å². The van der Waals surface area contributed by atoms with Crippen molar-refractivity contribution in [1.82, 2.24) is 5.32 Å². The quantitative estimate of drug-likeness (QED) is 0.798. The summed E-state index contributed by atoms with van der Waals surface area (Å²) in [4.78, 5) is 22.8. The second-order valence-corrected chi connectivity index (χ2v) is 5.86. The Balaban J connectivity index is 2.54. The van der Waals surface area contributed by atoms with Crippen LogP contribution in [0.25, 0.3) is 0 Å². The van der Waals surface area contributed by atoms with Crippen molar-refractivity contribution in [2.75, 3.05) is 13.7 Å². The summed E-state index contributed by atoms with van der Waals surface area (Å²) in [6.07, 6.45) is -0.800. The molecular formula is C16H23NO6. The van der Waals surface area contributed by atoms with Gasteiger partial charge in [-0.05, 0) is 26.8 Å². The number of para-hydroxylation sites is 1. The lowest BCUT2D eigenvalue weighted by molar-refractivity contribution is -0.141. The summed E-state index contributed by atoms with van der Waals surface area (Å²) >= 11 is 0. The van der Waals surface area contributed by atoms with Gasteiger partial charge in [-0.25, -0.2) is 9.59 Å². The van der Waals surface area contributed by atoms with Crippen molar-refractivity contribution in [1.29, 1.82) is 0 Å². The maximum Gasteiger partial charge on any atom is 0.408 e. The van der Waals surface area contributed by atoms with Gasteiger partial charge in [-0.15, -0.1) is 0 Å². The molecule has 0 unspecified atom stereocenters. The number of aliphatic carboxylic acids is 1. The molecule has 128 valence electrons. The van der Waals surface area contributed by atoms with Gasteiger partial charge in [0.05, 0.1) is 20.3 Å². The summed E-state index contributed by atoms with van der Waals surface area (Å²) in [5, 5.41) is 11.4. The van der Waals surface area contributed by atoms with Crippen molar-refractivity contribution < 1.29 is 28.9 Å². The number of hydrogen-bond donors (Lipinski definition) is 2. The van der Waals surface area contributed by atoms with Crippen molar-refractivity contribution in [2.45, 2.75) is 39.0 Å². The van der Waals surface area contributed by atoms with E-state index >= 15 is 0 Å². The Morgan fingerprint density at radius 2 is 1.91 bits per heavy atom.